The molecule has 0 aliphatic heterocycles. The number of furan rings is 1. The Morgan fingerprint density at radius 3 is 2.67 bits per heavy atom. The fourth-order valence-electron chi connectivity index (χ4n) is 2.30. The van der Waals surface area contributed by atoms with Crippen LogP contribution in [0.1, 0.15) is 11.3 Å². The third-order valence-corrected chi connectivity index (χ3v) is 4.32. The lowest BCUT2D eigenvalue weighted by Gasteiger charge is -2.16. The summed E-state index contributed by atoms with van der Waals surface area (Å²) in [5, 5.41) is 4.20. The third kappa shape index (κ3) is 4.30. The van der Waals surface area contributed by atoms with Crippen molar-refractivity contribution in [1.82, 2.24) is 10.2 Å². The third-order valence-electron chi connectivity index (χ3n) is 3.39. The number of para-hydroxylation sites is 1. The molecule has 1 aromatic carbocycles. The molecule has 0 unspecified atom stereocenters. The lowest BCUT2D eigenvalue weighted by Crippen LogP contribution is -2.25. The largest absolute Gasteiger partial charge is 0.459 e. The summed E-state index contributed by atoms with van der Waals surface area (Å²) in [4.78, 5) is 2.01. The zero-order valence-electron chi connectivity index (χ0n) is 12.7. The Labute approximate surface area is 125 Å². The molecule has 1 aromatic heterocycles. The van der Waals surface area contributed by atoms with Crippen molar-refractivity contribution in [1.29, 1.82) is 0 Å². The SMILES string of the molecule is CNCc1oc2ccccc2c1CN(C)CCS(C)(=O)=O. The van der Waals surface area contributed by atoms with Gasteiger partial charge in [0, 0.05) is 30.3 Å². The van der Waals surface area contributed by atoms with E-state index in [0.717, 1.165) is 22.3 Å². The van der Waals surface area contributed by atoms with Crippen molar-refractivity contribution in [2.75, 3.05) is 32.6 Å². The fraction of sp³-hybridized carbons (Fsp3) is 0.467. The molecule has 116 valence electrons. The molecule has 1 heterocycles. The summed E-state index contributed by atoms with van der Waals surface area (Å²) in [6, 6.07) is 7.93. The molecule has 2 aromatic rings. The number of hydrogen-bond acceptors (Lipinski definition) is 5. The van der Waals surface area contributed by atoms with Gasteiger partial charge in [-0.3, -0.25) is 0 Å². The minimum Gasteiger partial charge on any atom is -0.459 e. The first-order chi connectivity index (χ1) is 9.90. The molecule has 5 nitrogen and oxygen atoms in total. The van der Waals surface area contributed by atoms with E-state index in [9.17, 15) is 8.42 Å². The van der Waals surface area contributed by atoms with E-state index in [2.05, 4.69) is 5.32 Å². The maximum atomic E-state index is 11.3. The summed E-state index contributed by atoms with van der Waals surface area (Å²) >= 11 is 0. The summed E-state index contributed by atoms with van der Waals surface area (Å²) < 4.78 is 28.4. The van der Waals surface area contributed by atoms with Crippen LogP contribution in [0.25, 0.3) is 11.0 Å². The van der Waals surface area contributed by atoms with Gasteiger partial charge in [0.15, 0.2) is 0 Å². The maximum Gasteiger partial charge on any atom is 0.148 e. The Balaban J connectivity index is 2.21. The van der Waals surface area contributed by atoms with Gasteiger partial charge in [-0.15, -0.1) is 0 Å². The van der Waals surface area contributed by atoms with E-state index in [4.69, 9.17) is 4.42 Å². The van der Waals surface area contributed by atoms with Crippen molar-refractivity contribution in [2.45, 2.75) is 13.1 Å². The maximum absolute atomic E-state index is 11.3. The first-order valence-electron chi connectivity index (χ1n) is 6.91. The molecule has 0 saturated carbocycles. The van der Waals surface area contributed by atoms with E-state index >= 15 is 0 Å². The predicted molar refractivity (Wildman–Crippen MR) is 85.0 cm³/mol. The minimum absolute atomic E-state index is 0.167. The summed E-state index contributed by atoms with van der Waals surface area (Å²) in [6.45, 7) is 1.84. The molecule has 0 radical (unpaired) electrons. The van der Waals surface area contributed by atoms with Crippen LogP contribution in [0.4, 0.5) is 0 Å². The molecule has 0 saturated heterocycles. The zero-order chi connectivity index (χ0) is 15.5. The smallest absolute Gasteiger partial charge is 0.148 e. The normalized spacial score (nSPS) is 12.4. The van der Waals surface area contributed by atoms with Gasteiger partial charge in [-0.2, -0.15) is 0 Å². The zero-order valence-corrected chi connectivity index (χ0v) is 13.5. The lowest BCUT2D eigenvalue weighted by molar-refractivity contribution is 0.342. The second-order valence-corrected chi connectivity index (χ2v) is 7.66. The molecule has 0 aliphatic carbocycles. The topological polar surface area (TPSA) is 62.6 Å². The van der Waals surface area contributed by atoms with Gasteiger partial charge < -0.3 is 14.6 Å². The number of nitrogens with zero attached hydrogens (tertiary/aromatic N) is 1. The first-order valence-corrected chi connectivity index (χ1v) is 8.97. The van der Waals surface area contributed by atoms with Crippen molar-refractivity contribution in [2.24, 2.45) is 0 Å². The van der Waals surface area contributed by atoms with E-state index in [-0.39, 0.29) is 5.75 Å². The quantitative estimate of drug-likeness (QED) is 0.842. The minimum atomic E-state index is -2.94. The number of nitrogens with one attached hydrogen (secondary N) is 1. The van der Waals surface area contributed by atoms with Crippen molar-refractivity contribution in [3.63, 3.8) is 0 Å². The second-order valence-electron chi connectivity index (χ2n) is 5.40. The molecule has 0 atom stereocenters. The average Bonchev–Trinajstić information content (AvgIpc) is 2.75. The highest BCUT2D eigenvalue weighted by atomic mass is 32.2. The number of hydrogen-bond donors (Lipinski definition) is 1. The van der Waals surface area contributed by atoms with Crippen molar-refractivity contribution < 1.29 is 12.8 Å². The van der Waals surface area contributed by atoms with Crippen LogP contribution in [0.2, 0.25) is 0 Å². The Bertz CT molecular complexity index is 707. The monoisotopic (exact) mass is 310 g/mol. The van der Waals surface area contributed by atoms with E-state index in [1.807, 2.05) is 43.3 Å². The molecule has 1 N–H and O–H groups in total. The van der Waals surface area contributed by atoms with Gasteiger partial charge in [0.1, 0.15) is 21.2 Å². The van der Waals surface area contributed by atoms with E-state index in [1.54, 1.807) is 0 Å². The lowest BCUT2D eigenvalue weighted by atomic mass is 10.1. The molecular weight excluding hydrogens is 288 g/mol. The van der Waals surface area contributed by atoms with E-state index in [0.29, 0.717) is 19.6 Å². The molecular formula is C15H22N2O3S. The highest BCUT2D eigenvalue weighted by Gasteiger charge is 2.15. The van der Waals surface area contributed by atoms with Gasteiger partial charge in [-0.1, -0.05) is 18.2 Å². The first kappa shape index (κ1) is 16.0. The predicted octanol–water partition coefficient (Wildman–Crippen LogP) is 1.63. The molecule has 0 bridgehead atoms. The van der Waals surface area contributed by atoms with E-state index in [1.165, 1.54) is 6.26 Å². The highest BCUT2D eigenvalue weighted by Crippen LogP contribution is 2.26. The second kappa shape index (κ2) is 6.60. The van der Waals surface area contributed by atoms with Gasteiger partial charge in [0.2, 0.25) is 0 Å². The summed E-state index contributed by atoms with van der Waals surface area (Å²) in [5.74, 6) is 1.07. The van der Waals surface area contributed by atoms with Crippen molar-refractivity contribution >= 4 is 20.8 Å². The van der Waals surface area contributed by atoms with Crippen LogP contribution in [0.5, 0.6) is 0 Å². The van der Waals surface area contributed by atoms with Crippen molar-refractivity contribution in [3.8, 4) is 0 Å². The van der Waals surface area contributed by atoms with Gasteiger partial charge >= 0.3 is 0 Å². The standard InChI is InChI=1S/C15H22N2O3S/c1-16-10-15-13(11-17(2)8-9-21(3,18)19)12-6-4-5-7-14(12)20-15/h4-7,16H,8-11H2,1-3H3. The van der Waals surface area contributed by atoms with Gasteiger partial charge in [-0.05, 0) is 20.2 Å². The Morgan fingerprint density at radius 2 is 2.00 bits per heavy atom. The Kier molecular flexibility index (Phi) is 5.03. The number of sulfone groups is 1. The summed E-state index contributed by atoms with van der Waals surface area (Å²) in [5.41, 5.74) is 1.99. The van der Waals surface area contributed by atoms with Crippen LogP contribution in [-0.2, 0) is 22.9 Å². The highest BCUT2D eigenvalue weighted by molar-refractivity contribution is 7.90. The van der Waals surface area contributed by atoms with Crippen LogP contribution in [0.15, 0.2) is 28.7 Å². The van der Waals surface area contributed by atoms with Gasteiger partial charge in [-0.25, -0.2) is 8.42 Å². The Morgan fingerprint density at radius 1 is 1.29 bits per heavy atom. The molecule has 21 heavy (non-hydrogen) atoms. The number of rotatable bonds is 7. The summed E-state index contributed by atoms with van der Waals surface area (Å²) in [7, 11) is 0.868. The van der Waals surface area contributed by atoms with Crippen LogP contribution in [-0.4, -0.2) is 46.0 Å². The van der Waals surface area contributed by atoms with Gasteiger partial charge in [0.25, 0.3) is 0 Å². The van der Waals surface area contributed by atoms with Crippen LogP contribution in [0.3, 0.4) is 0 Å². The fourth-order valence-corrected chi connectivity index (χ4v) is 2.94. The molecule has 0 aliphatic rings. The molecule has 0 spiro atoms. The average molecular weight is 310 g/mol. The van der Waals surface area contributed by atoms with Gasteiger partial charge in [0.05, 0.1) is 12.3 Å². The van der Waals surface area contributed by atoms with Crippen LogP contribution < -0.4 is 5.32 Å². The molecule has 0 fully saturated rings. The van der Waals surface area contributed by atoms with Crippen LogP contribution >= 0.6 is 0 Å². The molecule has 6 heteroatoms. The Hall–Kier alpha value is -1.37. The summed E-state index contributed by atoms with van der Waals surface area (Å²) in [6.07, 6.45) is 1.26. The molecule has 0 amide bonds. The molecule has 2 rings (SSSR count). The van der Waals surface area contributed by atoms with Crippen molar-refractivity contribution in [3.05, 3.63) is 35.6 Å². The van der Waals surface area contributed by atoms with E-state index < -0.39 is 9.84 Å². The van der Waals surface area contributed by atoms with Crippen LogP contribution in [0, 0.1) is 0 Å². The number of fused-ring (bicyclic) bond motifs is 1. The number of benzene rings is 1.